The molecular weight excluding hydrogens is 400 g/mol. The van der Waals surface area contributed by atoms with Gasteiger partial charge in [0.25, 0.3) is 5.91 Å². The maximum atomic E-state index is 13.5. The molecule has 6 heteroatoms. The summed E-state index contributed by atoms with van der Waals surface area (Å²) in [6.45, 7) is 6.17. The maximum Gasteiger partial charge on any atom is 0.251 e. The van der Waals surface area contributed by atoms with Gasteiger partial charge in [0.2, 0.25) is 5.91 Å². The van der Waals surface area contributed by atoms with E-state index in [2.05, 4.69) is 16.7 Å². The molecule has 32 heavy (non-hydrogen) atoms. The molecule has 1 saturated heterocycles. The van der Waals surface area contributed by atoms with E-state index in [4.69, 9.17) is 0 Å². The highest BCUT2D eigenvalue weighted by Gasteiger charge is 2.43. The van der Waals surface area contributed by atoms with Crippen LogP contribution in [0.1, 0.15) is 49.0 Å². The van der Waals surface area contributed by atoms with E-state index in [0.717, 1.165) is 12.1 Å². The Bertz CT molecular complexity index is 945. The minimum Gasteiger partial charge on any atom is -0.352 e. The van der Waals surface area contributed by atoms with Crippen LogP contribution in [-0.4, -0.2) is 41.9 Å². The second kappa shape index (κ2) is 10.4. The number of carbonyl (C=O) groups excluding carboxylic acids is 2. The van der Waals surface area contributed by atoms with Crippen LogP contribution in [0.25, 0.3) is 0 Å². The fourth-order valence-corrected chi connectivity index (χ4v) is 4.11. The lowest BCUT2D eigenvalue weighted by Gasteiger charge is -2.38. The van der Waals surface area contributed by atoms with Gasteiger partial charge in [-0.15, -0.1) is 0 Å². The SMILES string of the molecule is CC(C)(CCNC(=O)c1ccccc1)CC(=O)N(Cc1ccccc1)C1(C#N)CCNC1. The number of amides is 2. The van der Waals surface area contributed by atoms with Crippen LogP contribution >= 0.6 is 0 Å². The number of nitriles is 1. The zero-order valence-electron chi connectivity index (χ0n) is 18.9. The van der Waals surface area contributed by atoms with Gasteiger partial charge in [-0.25, -0.2) is 0 Å². The number of hydrogen-bond acceptors (Lipinski definition) is 4. The Morgan fingerprint density at radius 2 is 1.78 bits per heavy atom. The molecular formula is C26H32N4O2. The third-order valence-electron chi connectivity index (χ3n) is 6.10. The first-order chi connectivity index (χ1) is 15.4. The molecule has 1 fully saturated rings. The molecule has 0 aliphatic carbocycles. The van der Waals surface area contributed by atoms with Gasteiger partial charge in [-0.1, -0.05) is 62.4 Å². The van der Waals surface area contributed by atoms with Crippen LogP contribution in [-0.2, 0) is 11.3 Å². The largest absolute Gasteiger partial charge is 0.352 e. The molecule has 0 saturated carbocycles. The third-order valence-corrected chi connectivity index (χ3v) is 6.10. The predicted octanol–water partition coefficient (Wildman–Crippen LogP) is 3.51. The van der Waals surface area contributed by atoms with Crippen molar-refractivity contribution >= 4 is 11.8 Å². The maximum absolute atomic E-state index is 13.5. The topological polar surface area (TPSA) is 85.2 Å². The Morgan fingerprint density at radius 1 is 1.12 bits per heavy atom. The van der Waals surface area contributed by atoms with Crippen molar-refractivity contribution in [3.63, 3.8) is 0 Å². The molecule has 1 aliphatic rings. The van der Waals surface area contributed by atoms with Gasteiger partial charge in [-0.3, -0.25) is 9.59 Å². The molecule has 2 aromatic carbocycles. The van der Waals surface area contributed by atoms with Crippen LogP contribution in [0.4, 0.5) is 0 Å². The van der Waals surface area contributed by atoms with Crippen molar-refractivity contribution in [2.75, 3.05) is 19.6 Å². The van der Waals surface area contributed by atoms with Gasteiger partial charge < -0.3 is 15.5 Å². The summed E-state index contributed by atoms with van der Waals surface area (Å²) in [4.78, 5) is 27.5. The van der Waals surface area contributed by atoms with Crippen molar-refractivity contribution in [2.24, 2.45) is 5.41 Å². The first-order valence-corrected chi connectivity index (χ1v) is 11.1. The number of hydrogen-bond donors (Lipinski definition) is 2. The van der Waals surface area contributed by atoms with E-state index in [1.807, 2.05) is 62.4 Å². The molecule has 3 rings (SSSR count). The van der Waals surface area contributed by atoms with Gasteiger partial charge in [0.05, 0.1) is 6.07 Å². The minimum atomic E-state index is -0.829. The van der Waals surface area contributed by atoms with Gasteiger partial charge in [-0.2, -0.15) is 5.26 Å². The highest BCUT2D eigenvalue weighted by atomic mass is 16.2. The van der Waals surface area contributed by atoms with Gasteiger partial charge in [-0.05, 0) is 42.5 Å². The lowest BCUT2D eigenvalue weighted by atomic mass is 9.84. The molecule has 0 bridgehead atoms. The molecule has 1 unspecified atom stereocenters. The highest BCUT2D eigenvalue weighted by Crippen LogP contribution is 2.31. The summed E-state index contributed by atoms with van der Waals surface area (Å²) in [7, 11) is 0. The Balaban J connectivity index is 1.65. The third kappa shape index (κ3) is 5.95. The Hall–Kier alpha value is -3.17. The molecule has 2 N–H and O–H groups in total. The van der Waals surface area contributed by atoms with Crippen LogP contribution < -0.4 is 10.6 Å². The lowest BCUT2D eigenvalue weighted by molar-refractivity contribution is -0.138. The minimum absolute atomic E-state index is 0.0292. The standard InChI is InChI=1S/C26H32N4O2/c1-25(2,13-16-29-24(32)22-11-7-4-8-12-22)17-23(31)30(18-21-9-5-3-6-10-21)26(19-27)14-15-28-20-26/h3-12,28H,13-18,20H2,1-2H3,(H,29,32). The van der Waals surface area contributed by atoms with Gasteiger partial charge in [0.15, 0.2) is 0 Å². The highest BCUT2D eigenvalue weighted by molar-refractivity contribution is 5.94. The van der Waals surface area contributed by atoms with Crippen molar-refractivity contribution < 1.29 is 9.59 Å². The summed E-state index contributed by atoms with van der Waals surface area (Å²) in [5.74, 6) is -0.141. The molecule has 6 nitrogen and oxygen atoms in total. The van der Waals surface area contributed by atoms with Crippen LogP contribution in [0.3, 0.4) is 0 Å². The Labute approximate surface area is 190 Å². The van der Waals surface area contributed by atoms with E-state index in [0.29, 0.717) is 44.5 Å². The van der Waals surface area contributed by atoms with Crippen LogP contribution in [0, 0.1) is 16.7 Å². The van der Waals surface area contributed by atoms with Gasteiger partial charge >= 0.3 is 0 Å². The van der Waals surface area contributed by atoms with E-state index in [1.54, 1.807) is 17.0 Å². The number of rotatable bonds is 9. The van der Waals surface area contributed by atoms with E-state index in [-0.39, 0.29) is 17.2 Å². The Kier molecular flexibility index (Phi) is 7.66. The summed E-state index contributed by atoms with van der Waals surface area (Å²) < 4.78 is 0. The quantitative estimate of drug-likeness (QED) is 0.635. The van der Waals surface area contributed by atoms with E-state index in [1.165, 1.54) is 0 Å². The van der Waals surface area contributed by atoms with Gasteiger partial charge in [0.1, 0.15) is 5.54 Å². The number of nitrogens with zero attached hydrogens (tertiary/aromatic N) is 2. The summed E-state index contributed by atoms with van der Waals surface area (Å²) in [6.07, 6.45) is 1.59. The Morgan fingerprint density at radius 3 is 2.38 bits per heavy atom. The average molecular weight is 433 g/mol. The summed E-state index contributed by atoms with van der Waals surface area (Å²) in [5, 5.41) is 16.2. The molecule has 0 spiro atoms. The zero-order valence-corrected chi connectivity index (χ0v) is 18.9. The fraction of sp³-hybridized carbons (Fsp3) is 0.423. The molecule has 1 heterocycles. The summed E-state index contributed by atoms with van der Waals surface area (Å²) in [5.41, 5.74) is 0.485. The molecule has 0 radical (unpaired) electrons. The molecule has 168 valence electrons. The smallest absolute Gasteiger partial charge is 0.251 e. The summed E-state index contributed by atoms with van der Waals surface area (Å²) >= 11 is 0. The number of nitrogens with one attached hydrogen (secondary N) is 2. The predicted molar refractivity (Wildman–Crippen MR) is 125 cm³/mol. The van der Waals surface area contributed by atoms with Crippen molar-refractivity contribution in [3.05, 3.63) is 71.8 Å². The van der Waals surface area contributed by atoms with Crippen LogP contribution in [0.5, 0.6) is 0 Å². The second-order valence-corrected chi connectivity index (χ2v) is 9.25. The molecule has 1 aliphatic heterocycles. The lowest BCUT2D eigenvalue weighted by Crippen LogP contribution is -2.52. The second-order valence-electron chi connectivity index (χ2n) is 9.25. The monoisotopic (exact) mass is 432 g/mol. The number of carbonyl (C=O) groups is 2. The van der Waals surface area contributed by atoms with Crippen molar-refractivity contribution in [3.8, 4) is 6.07 Å². The normalized spacial score (nSPS) is 18.0. The molecule has 2 amide bonds. The van der Waals surface area contributed by atoms with Crippen molar-refractivity contribution in [1.82, 2.24) is 15.5 Å². The van der Waals surface area contributed by atoms with Crippen LogP contribution in [0.2, 0.25) is 0 Å². The molecule has 0 aromatic heterocycles. The van der Waals surface area contributed by atoms with E-state index >= 15 is 0 Å². The van der Waals surface area contributed by atoms with E-state index in [9.17, 15) is 14.9 Å². The summed E-state index contributed by atoms with van der Waals surface area (Å²) in [6, 6.07) is 21.3. The van der Waals surface area contributed by atoms with Crippen LogP contribution in [0.15, 0.2) is 60.7 Å². The fourth-order valence-electron chi connectivity index (χ4n) is 4.11. The van der Waals surface area contributed by atoms with Gasteiger partial charge in [0, 0.05) is 31.6 Å². The first-order valence-electron chi connectivity index (χ1n) is 11.1. The molecule has 2 aromatic rings. The zero-order chi connectivity index (χ0) is 23.0. The number of benzene rings is 2. The van der Waals surface area contributed by atoms with Crippen molar-refractivity contribution in [1.29, 1.82) is 5.26 Å². The average Bonchev–Trinajstić information content (AvgIpc) is 3.28. The van der Waals surface area contributed by atoms with E-state index < -0.39 is 5.54 Å². The first kappa shape index (κ1) is 23.5. The molecule has 1 atom stereocenters. The van der Waals surface area contributed by atoms with Crippen molar-refractivity contribution in [2.45, 2.75) is 45.2 Å².